The maximum absolute atomic E-state index is 11.8. The third-order valence-electron chi connectivity index (χ3n) is 4.10. The largest absolute Gasteiger partial charge is 0.459 e. The lowest BCUT2D eigenvalue weighted by atomic mass is 9.85. The molecule has 1 saturated carbocycles. The van der Waals surface area contributed by atoms with Crippen LogP contribution in [0.3, 0.4) is 0 Å². The van der Waals surface area contributed by atoms with Crippen molar-refractivity contribution in [1.29, 1.82) is 0 Å². The van der Waals surface area contributed by atoms with Gasteiger partial charge in [-0.15, -0.1) is 0 Å². The van der Waals surface area contributed by atoms with Crippen molar-refractivity contribution >= 4 is 11.8 Å². The molecule has 1 fully saturated rings. The third kappa shape index (κ3) is 7.01. The van der Waals surface area contributed by atoms with Crippen LogP contribution >= 0.6 is 0 Å². The van der Waals surface area contributed by atoms with E-state index in [-0.39, 0.29) is 18.5 Å². The first-order chi connectivity index (χ1) is 12.1. The van der Waals surface area contributed by atoms with E-state index in [0.717, 1.165) is 30.7 Å². The Bertz CT molecular complexity index is 693. The lowest BCUT2D eigenvalue weighted by Crippen LogP contribution is -2.38. The summed E-state index contributed by atoms with van der Waals surface area (Å²) in [5, 5.41) is 14.2. The Morgan fingerprint density at radius 2 is 2.08 bits per heavy atom. The van der Waals surface area contributed by atoms with Crippen molar-refractivity contribution in [2.45, 2.75) is 58.1 Å². The number of hydroxylamine groups is 2. The predicted molar refractivity (Wildman–Crippen MR) is 96.3 cm³/mol. The van der Waals surface area contributed by atoms with Crippen LogP contribution in [0, 0.1) is 5.92 Å². The van der Waals surface area contributed by atoms with E-state index in [1.807, 2.05) is 0 Å². The van der Waals surface area contributed by atoms with Gasteiger partial charge in [0.1, 0.15) is 18.0 Å². The number of H-pyrrole nitrogens is 2. The summed E-state index contributed by atoms with van der Waals surface area (Å²) in [7, 11) is 0. The second kappa shape index (κ2) is 8.50. The minimum Gasteiger partial charge on any atom is -0.459 e. The zero-order chi connectivity index (χ0) is 19.3. The predicted octanol–water partition coefficient (Wildman–Crippen LogP) is 1.07. The van der Waals surface area contributed by atoms with E-state index in [2.05, 4.69) is 15.3 Å². The van der Waals surface area contributed by atoms with Gasteiger partial charge in [-0.25, -0.2) is 4.79 Å². The summed E-state index contributed by atoms with van der Waals surface area (Å²) < 4.78 is 5.20. The van der Waals surface area contributed by atoms with Gasteiger partial charge < -0.3 is 15.3 Å². The van der Waals surface area contributed by atoms with Crippen LogP contribution < -0.4 is 16.6 Å². The highest BCUT2D eigenvalue weighted by Crippen LogP contribution is 2.26. The monoisotopic (exact) mass is 368 g/mol. The van der Waals surface area contributed by atoms with Crippen molar-refractivity contribution in [1.82, 2.24) is 15.0 Å². The molecule has 2 atom stereocenters. The van der Waals surface area contributed by atoms with E-state index in [4.69, 9.17) is 4.74 Å². The zero-order valence-electron chi connectivity index (χ0n) is 15.5. The molecule has 1 aliphatic rings. The standard InChI is InChI=1S/C17H28N4O5/c1-17(2,3)26-15(23)10-21(25)9-11-5-4-6-12(7-11)18-13-8-14(22)20-16(24)19-13/h8,11-12,25H,4-7,9-10H2,1-3H3,(H3,18,19,20,22,24). The van der Waals surface area contributed by atoms with E-state index in [1.54, 1.807) is 20.8 Å². The Hall–Kier alpha value is -2.13. The lowest BCUT2D eigenvalue weighted by molar-refractivity contribution is -0.171. The van der Waals surface area contributed by atoms with Crippen molar-refractivity contribution in [3.63, 3.8) is 0 Å². The molecule has 0 saturated heterocycles. The molecule has 1 aromatic rings. The first kappa shape index (κ1) is 20.2. The first-order valence-electron chi connectivity index (χ1n) is 8.86. The average Bonchev–Trinajstić information content (AvgIpc) is 2.43. The third-order valence-corrected chi connectivity index (χ3v) is 4.10. The number of hydrogen-bond donors (Lipinski definition) is 4. The van der Waals surface area contributed by atoms with Crippen LogP contribution in [0.15, 0.2) is 15.7 Å². The lowest BCUT2D eigenvalue weighted by Gasteiger charge is -2.32. The van der Waals surface area contributed by atoms with Crippen molar-refractivity contribution in [3.05, 3.63) is 26.9 Å². The molecular formula is C17H28N4O5. The molecule has 1 aromatic heterocycles. The summed E-state index contributed by atoms with van der Waals surface area (Å²) in [6, 6.07) is 1.40. The fourth-order valence-electron chi connectivity index (χ4n) is 3.24. The number of anilines is 1. The van der Waals surface area contributed by atoms with Gasteiger partial charge in [-0.1, -0.05) is 6.42 Å². The second-order valence-corrected chi connectivity index (χ2v) is 7.81. The first-order valence-corrected chi connectivity index (χ1v) is 8.86. The zero-order valence-corrected chi connectivity index (χ0v) is 15.5. The average molecular weight is 368 g/mol. The normalized spacial score (nSPS) is 20.8. The van der Waals surface area contributed by atoms with Crippen molar-refractivity contribution < 1.29 is 14.7 Å². The number of hydrogen-bond acceptors (Lipinski definition) is 7. The molecule has 9 heteroatoms. The summed E-state index contributed by atoms with van der Waals surface area (Å²) in [5.74, 6) is 0.119. The molecule has 0 bridgehead atoms. The molecule has 0 radical (unpaired) electrons. The molecule has 26 heavy (non-hydrogen) atoms. The fraction of sp³-hybridized carbons (Fsp3) is 0.706. The highest BCUT2D eigenvalue weighted by atomic mass is 16.6. The molecule has 9 nitrogen and oxygen atoms in total. The number of nitrogens with zero attached hydrogens (tertiary/aromatic N) is 1. The van der Waals surface area contributed by atoms with Gasteiger partial charge in [0, 0.05) is 18.7 Å². The highest BCUT2D eigenvalue weighted by molar-refractivity contribution is 5.71. The summed E-state index contributed by atoms with van der Waals surface area (Å²) in [6.45, 7) is 5.53. The molecular weight excluding hydrogens is 340 g/mol. The smallest absolute Gasteiger partial charge is 0.327 e. The molecule has 2 unspecified atom stereocenters. The Labute approximate surface area is 151 Å². The van der Waals surface area contributed by atoms with Gasteiger partial charge in [-0.2, -0.15) is 5.06 Å². The van der Waals surface area contributed by atoms with E-state index < -0.39 is 22.8 Å². The Kier molecular flexibility index (Phi) is 6.60. The molecule has 0 aliphatic heterocycles. The van der Waals surface area contributed by atoms with Crippen LogP contribution in [-0.4, -0.2) is 50.9 Å². The van der Waals surface area contributed by atoms with Gasteiger partial charge in [0.25, 0.3) is 5.56 Å². The van der Waals surface area contributed by atoms with Gasteiger partial charge in [0.05, 0.1) is 0 Å². The SMILES string of the molecule is CC(C)(C)OC(=O)CN(O)CC1CCCC(Nc2cc(=O)[nH]c(=O)[nH]2)C1. The van der Waals surface area contributed by atoms with E-state index in [9.17, 15) is 19.6 Å². The van der Waals surface area contributed by atoms with Crippen molar-refractivity contribution in [2.24, 2.45) is 5.92 Å². The summed E-state index contributed by atoms with van der Waals surface area (Å²) >= 11 is 0. The highest BCUT2D eigenvalue weighted by Gasteiger charge is 2.25. The number of esters is 1. The number of carbonyl (C=O) groups is 1. The van der Waals surface area contributed by atoms with Crippen LogP contribution in [0.5, 0.6) is 0 Å². The van der Waals surface area contributed by atoms with Crippen molar-refractivity contribution in [3.8, 4) is 0 Å². The molecule has 146 valence electrons. The minimum absolute atomic E-state index is 0.0844. The molecule has 0 amide bonds. The van der Waals surface area contributed by atoms with Gasteiger partial charge in [-0.3, -0.25) is 19.6 Å². The maximum atomic E-state index is 11.8. The van der Waals surface area contributed by atoms with Crippen LogP contribution in [0.4, 0.5) is 5.82 Å². The van der Waals surface area contributed by atoms with Crippen LogP contribution in [0.25, 0.3) is 0 Å². The molecule has 1 aliphatic carbocycles. The number of carbonyl (C=O) groups excluding carboxylic acids is 1. The molecule has 1 heterocycles. The Balaban J connectivity index is 1.84. The quantitative estimate of drug-likeness (QED) is 0.437. The molecule has 2 rings (SSSR count). The van der Waals surface area contributed by atoms with Gasteiger partial charge >= 0.3 is 11.7 Å². The second-order valence-electron chi connectivity index (χ2n) is 7.81. The van der Waals surface area contributed by atoms with Gasteiger partial charge in [0.15, 0.2) is 0 Å². The van der Waals surface area contributed by atoms with Crippen LogP contribution in [0.1, 0.15) is 46.5 Å². The van der Waals surface area contributed by atoms with E-state index in [0.29, 0.717) is 12.4 Å². The number of aromatic amines is 2. The van der Waals surface area contributed by atoms with Crippen LogP contribution in [-0.2, 0) is 9.53 Å². The molecule has 0 aromatic carbocycles. The van der Waals surface area contributed by atoms with E-state index in [1.165, 1.54) is 6.07 Å². The summed E-state index contributed by atoms with van der Waals surface area (Å²) in [5.41, 5.74) is -1.59. The topological polar surface area (TPSA) is 128 Å². The Morgan fingerprint density at radius 1 is 1.35 bits per heavy atom. The molecule has 4 N–H and O–H groups in total. The summed E-state index contributed by atoms with van der Waals surface area (Å²) in [4.78, 5) is 39.2. The minimum atomic E-state index is -0.581. The number of rotatable bonds is 6. The van der Waals surface area contributed by atoms with Crippen LogP contribution in [0.2, 0.25) is 0 Å². The fourth-order valence-corrected chi connectivity index (χ4v) is 3.24. The van der Waals surface area contributed by atoms with E-state index >= 15 is 0 Å². The van der Waals surface area contributed by atoms with Gasteiger partial charge in [-0.05, 0) is 46.0 Å². The van der Waals surface area contributed by atoms with Gasteiger partial charge in [0.2, 0.25) is 0 Å². The maximum Gasteiger partial charge on any atom is 0.327 e. The number of ether oxygens (including phenoxy) is 1. The number of nitrogens with one attached hydrogen (secondary N) is 3. The number of aromatic nitrogens is 2. The summed E-state index contributed by atoms with van der Waals surface area (Å²) in [6.07, 6.45) is 3.56. The van der Waals surface area contributed by atoms with Crippen molar-refractivity contribution in [2.75, 3.05) is 18.4 Å². The molecule has 0 spiro atoms. The Morgan fingerprint density at radius 3 is 2.73 bits per heavy atom.